The molecule has 10 nitrogen and oxygen atoms in total. The van der Waals surface area contributed by atoms with Crippen LogP contribution in [0.25, 0.3) is 0 Å². The summed E-state index contributed by atoms with van der Waals surface area (Å²) in [6, 6.07) is 6.47. The number of rotatable bonds is 5. The second-order valence-corrected chi connectivity index (χ2v) is 8.96. The summed E-state index contributed by atoms with van der Waals surface area (Å²) in [6.45, 7) is 1.23. The van der Waals surface area contributed by atoms with Crippen LogP contribution < -0.4 is 0 Å². The SMILES string of the molecule is O=C1OC2(CCC3CN2CC3c2nsnc2SCc2ccc([N+](=O)[O-])cc2)OC1=O. The standard InChI is InChI=1S/C18H16N4O6S2/c23-16-17(24)28-18(27-16)6-5-11-7-21(18)8-13(11)14-15(20-30-19-14)29-9-10-1-3-12(4-2-10)22(25)26/h1-4,11,13H,5-9H2. The molecule has 2 bridgehead atoms. The molecule has 3 aliphatic heterocycles. The maximum atomic E-state index is 11.6. The van der Waals surface area contributed by atoms with Crippen LogP contribution >= 0.6 is 23.5 Å². The molecule has 3 aliphatic rings. The molecule has 0 aliphatic carbocycles. The Labute approximate surface area is 179 Å². The van der Waals surface area contributed by atoms with Gasteiger partial charge in [-0.05, 0) is 17.9 Å². The molecule has 156 valence electrons. The maximum Gasteiger partial charge on any atom is 0.421 e. The number of piperidine rings is 1. The van der Waals surface area contributed by atoms with Gasteiger partial charge in [0.1, 0.15) is 5.03 Å². The molecule has 2 aromatic rings. The van der Waals surface area contributed by atoms with Gasteiger partial charge in [-0.25, -0.2) is 14.5 Å². The Balaban J connectivity index is 1.29. The summed E-state index contributed by atoms with van der Waals surface area (Å²) in [5.41, 5.74) is 1.93. The summed E-state index contributed by atoms with van der Waals surface area (Å²) in [5.74, 6) is -2.10. The fourth-order valence-electron chi connectivity index (χ4n) is 4.28. The van der Waals surface area contributed by atoms with E-state index in [2.05, 4.69) is 8.75 Å². The van der Waals surface area contributed by atoms with Crippen molar-refractivity contribution in [2.45, 2.75) is 35.4 Å². The molecule has 3 unspecified atom stereocenters. The van der Waals surface area contributed by atoms with Crippen LogP contribution in [0.5, 0.6) is 0 Å². The molecule has 0 radical (unpaired) electrons. The van der Waals surface area contributed by atoms with Crippen LogP contribution in [0.2, 0.25) is 0 Å². The molecular weight excluding hydrogens is 432 g/mol. The predicted octanol–water partition coefficient (Wildman–Crippen LogP) is 2.30. The lowest BCUT2D eigenvalue weighted by Gasteiger charge is -2.37. The summed E-state index contributed by atoms with van der Waals surface area (Å²) in [6.07, 6.45) is 1.21. The topological polar surface area (TPSA) is 125 Å². The van der Waals surface area contributed by atoms with E-state index in [0.29, 0.717) is 31.2 Å². The van der Waals surface area contributed by atoms with Gasteiger partial charge in [0.15, 0.2) is 0 Å². The van der Waals surface area contributed by atoms with E-state index < -0.39 is 22.8 Å². The highest BCUT2D eigenvalue weighted by Gasteiger charge is 2.59. The Morgan fingerprint density at radius 1 is 1.20 bits per heavy atom. The fraction of sp³-hybridized carbons (Fsp3) is 0.444. The van der Waals surface area contributed by atoms with Gasteiger partial charge in [0.05, 0.1) is 22.3 Å². The first-order chi connectivity index (χ1) is 14.4. The van der Waals surface area contributed by atoms with Gasteiger partial charge in [-0.15, -0.1) is 0 Å². The number of benzene rings is 1. The third-order valence-corrected chi connectivity index (χ3v) is 7.49. The molecule has 3 fully saturated rings. The molecule has 0 N–H and O–H groups in total. The van der Waals surface area contributed by atoms with Gasteiger partial charge in [-0.1, -0.05) is 23.9 Å². The third-order valence-electron chi connectivity index (χ3n) is 5.78. The molecule has 3 atom stereocenters. The number of esters is 2. The van der Waals surface area contributed by atoms with Crippen molar-refractivity contribution >= 4 is 41.1 Å². The summed E-state index contributed by atoms with van der Waals surface area (Å²) in [4.78, 5) is 35.5. The Morgan fingerprint density at radius 2 is 1.93 bits per heavy atom. The van der Waals surface area contributed by atoms with Crippen LogP contribution in [0.15, 0.2) is 29.3 Å². The summed E-state index contributed by atoms with van der Waals surface area (Å²) in [7, 11) is 0. The lowest BCUT2D eigenvalue weighted by Crippen LogP contribution is -2.51. The molecule has 0 amide bonds. The number of carbonyl (C=O) groups excluding carboxylic acids is 2. The normalized spacial score (nSPS) is 26.6. The van der Waals surface area contributed by atoms with E-state index >= 15 is 0 Å². The molecule has 5 rings (SSSR count). The molecule has 30 heavy (non-hydrogen) atoms. The minimum Gasteiger partial charge on any atom is -0.400 e. The van der Waals surface area contributed by atoms with Crippen molar-refractivity contribution in [2.24, 2.45) is 5.92 Å². The number of non-ortho nitro benzene ring substituents is 1. The van der Waals surface area contributed by atoms with Gasteiger partial charge >= 0.3 is 17.8 Å². The van der Waals surface area contributed by atoms with Crippen molar-refractivity contribution in [3.63, 3.8) is 0 Å². The van der Waals surface area contributed by atoms with Gasteiger partial charge in [0, 0.05) is 43.3 Å². The lowest BCUT2D eigenvalue weighted by molar-refractivity contribution is -0.384. The van der Waals surface area contributed by atoms with Crippen molar-refractivity contribution < 1.29 is 24.0 Å². The van der Waals surface area contributed by atoms with Crippen molar-refractivity contribution in [1.29, 1.82) is 0 Å². The number of ether oxygens (including phenoxy) is 2. The highest BCUT2D eigenvalue weighted by molar-refractivity contribution is 7.98. The Hall–Kier alpha value is -2.57. The zero-order valence-corrected chi connectivity index (χ0v) is 17.2. The van der Waals surface area contributed by atoms with Gasteiger partial charge in [0.25, 0.3) is 5.69 Å². The number of nitro benzene ring substituents is 1. The van der Waals surface area contributed by atoms with Crippen molar-refractivity contribution in [3.05, 3.63) is 45.6 Å². The van der Waals surface area contributed by atoms with E-state index in [1.807, 2.05) is 4.90 Å². The first-order valence-corrected chi connectivity index (χ1v) is 11.1. The number of nitrogens with zero attached hydrogens (tertiary/aromatic N) is 4. The van der Waals surface area contributed by atoms with E-state index in [-0.39, 0.29) is 11.6 Å². The van der Waals surface area contributed by atoms with Crippen LogP contribution in [0, 0.1) is 16.0 Å². The van der Waals surface area contributed by atoms with Gasteiger partial charge in [0.2, 0.25) is 0 Å². The average molecular weight is 448 g/mol. The highest BCUT2D eigenvalue weighted by atomic mass is 32.2. The molecular formula is C18H16N4O6S2. The zero-order valence-electron chi connectivity index (χ0n) is 15.6. The minimum atomic E-state index is -1.27. The number of nitro groups is 1. The highest BCUT2D eigenvalue weighted by Crippen LogP contribution is 2.48. The van der Waals surface area contributed by atoms with Gasteiger partial charge in [-0.2, -0.15) is 8.75 Å². The lowest BCUT2D eigenvalue weighted by atomic mass is 9.88. The molecule has 12 heteroatoms. The number of hydrogen-bond donors (Lipinski definition) is 0. The second kappa shape index (κ2) is 7.29. The predicted molar refractivity (Wildman–Crippen MR) is 105 cm³/mol. The second-order valence-electron chi connectivity index (χ2n) is 7.47. The van der Waals surface area contributed by atoms with E-state index in [1.54, 1.807) is 23.9 Å². The van der Waals surface area contributed by atoms with Crippen LogP contribution in [0.4, 0.5) is 5.69 Å². The Kier molecular flexibility index (Phi) is 4.71. The largest absolute Gasteiger partial charge is 0.421 e. The molecule has 1 spiro atoms. The van der Waals surface area contributed by atoms with Crippen molar-refractivity contribution in [2.75, 3.05) is 13.1 Å². The molecule has 1 aromatic heterocycles. The number of aromatic nitrogens is 2. The molecule has 4 heterocycles. The number of carbonyl (C=O) groups is 2. The van der Waals surface area contributed by atoms with E-state index in [4.69, 9.17) is 9.47 Å². The zero-order chi connectivity index (χ0) is 20.9. The van der Waals surface area contributed by atoms with Crippen LogP contribution in [0.3, 0.4) is 0 Å². The van der Waals surface area contributed by atoms with E-state index in [0.717, 1.165) is 34.4 Å². The number of fused-ring (bicyclic) bond motifs is 3. The van der Waals surface area contributed by atoms with Gasteiger partial charge < -0.3 is 9.47 Å². The van der Waals surface area contributed by atoms with Crippen molar-refractivity contribution in [1.82, 2.24) is 13.6 Å². The van der Waals surface area contributed by atoms with Gasteiger partial charge in [-0.3, -0.25) is 10.1 Å². The minimum absolute atomic E-state index is 0.0642. The Bertz CT molecular complexity index is 1010. The quantitative estimate of drug-likeness (QED) is 0.221. The van der Waals surface area contributed by atoms with E-state index in [1.165, 1.54) is 12.1 Å². The first kappa shape index (κ1) is 19.4. The average Bonchev–Trinajstić information content (AvgIpc) is 3.41. The number of thioether (sulfide) groups is 1. The van der Waals surface area contributed by atoms with Crippen LogP contribution in [-0.4, -0.2) is 49.5 Å². The number of hydrogen-bond acceptors (Lipinski definition) is 11. The monoisotopic (exact) mass is 448 g/mol. The molecule has 0 saturated carbocycles. The molecule has 1 aromatic carbocycles. The van der Waals surface area contributed by atoms with Crippen LogP contribution in [-0.2, 0) is 24.8 Å². The summed E-state index contributed by atoms with van der Waals surface area (Å²) >= 11 is 2.70. The Morgan fingerprint density at radius 3 is 2.63 bits per heavy atom. The first-order valence-electron chi connectivity index (χ1n) is 9.35. The maximum absolute atomic E-state index is 11.6. The summed E-state index contributed by atoms with van der Waals surface area (Å²) in [5, 5.41) is 11.6. The third kappa shape index (κ3) is 3.24. The van der Waals surface area contributed by atoms with Crippen molar-refractivity contribution in [3.8, 4) is 0 Å². The fourth-order valence-corrected chi connectivity index (χ4v) is 6.01. The summed E-state index contributed by atoms with van der Waals surface area (Å²) < 4.78 is 19.6. The van der Waals surface area contributed by atoms with E-state index in [9.17, 15) is 19.7 Å². The molecule has 3 saturated heterocycles. The van der Waals surface area contributed by atoms with Crippen LogP contribution in [0.1, 0.15) is 30.0 Å². The smallest absolute Gasteiger partial charge is 0.400 e.